The van der Waals surface area contributed by atoms with Crippen LogP contribution in [0.3, 0.4) is 0 Å². The molecule has 0 unspecified atom stereocenters. The van der Waals surface area contributed by atoms with Crippen LogP contribution in [0.25, 0.3) is 11.3 Å². The van der Waals surface area contributed by atoms with Crippen LogP contribution in [0.15, 0.2) is 30.7 Å². The van der Waals surface area contributed by atoms with E-state index in [0.29, 0.717) is 17.8 Å². The molecule has 2 heterocycles. The molecule has 21 heavy (non-hydrogen) atoms. The molecular weight excluding hydrogens is 260 g/mol. The highest BCUT2D eigenvalue weighted by Gasteiger charge is 2.17. The Kier molecular flexibility index (Phi) is 5.51. The van der Waals surface area contributed by atoms with Crippen molar-refractivity contribution in [3.63, 3.8) is 0 Å². The smallest absolute Gasteiger partial charge is 0.0710 e. The minimum absolute atomic E-state index is 0.693. The fraction of sp³-hybridized carbons (Fsp3) is 0.529. The number of hydrogen-bond donors (Lipinski definition) is 2. The molecule has 2 aromatic rings. The number of rotatable bonds is 7. The summed E-state index contributed by atoms with van der Waals surface area (Å²) in [5, 5.41) is 10.8. The molecule has 0 aliphatic rings. The fourth-order valence-corrected chi connectivity index (χ4v) is 2.82. The number of nitrogens with zero attached hydrogens (tertiary/aromatic N) is 2. The van der Waals surface area contributed by atoms with Crippen molar-refractivity contribution in [3.8, 4) is 11.3 Å². The van der Waals surface area contributed by atoms with Crippen molar-refractivity contribution >= 4 is 0 Å². The monoisotopic (exact) mass is 286 g/mol. The van der Waals surface area contributed by atoms with E-state index in [1.165, 1.54) is 5.56 Å². The predicted octanol–water partition coefficient (Wildman–Crippen LogP) is 3.49. The van der Waals surface area contributed by atoms with Gasteiger partial charge in [-0.15, -0.1) is 0 Å². The summed E-state index contributed by atoms with van der Waals surface area (Å²) in [7, 11) is 0. The highest BCUT2D eigenvalue weighted by atomic mass is 15.1. The third-order valence-corrected chi connectivity index (χ3v) is 4.08. The lowest BCUT2D eigenvalue weighted by atomic mass is 9.85. The van der Waals surface area contributed by atoms with Gasteiger partial charge in [0, 0.05) is 30.1 Å². The summed E-state index contributed by atoms with van der Waals surface area (Å²) in [6, 6.07) is 4.00. The lowest BCUT2D eigenvalue weighted by Crippen LogP contribution is -2.29. The molecule has 2 rings (SSSR count). The number of hydrogen-bond acceptors (Lipinski definition) is 3. The number of nitrogens with one attached hydrogen (secondary N) is 2. The van der Waals surface area contributed by atoms with Crippen molar-refractivity contribution in [2.24, 2.45) is 17.8 Å². The lowest BCUT2D eigenvalue weighted by Gasteiger charge is -2.25. The van der Waals surface area contributed by atoms with Crippen molar-refractivity contribution < 1.29 is 0 Å². The lowest BCUT2D eigenvalue weighted by molar-refractivity contribution is 0.275. The number of pyridine rings is 1. The van der Waals surface area contributed by atoms with Gasteiger partial charge in [0.05, 0.1) is 11.9 Å². The van der Waals surface area contributed by atoms with Gasteiger partial charge in [-0.05, 0) is 36.4 Å². The second-order valence-electron chi connectivity index (χ2n) is 6.29. The van der Waals surface area contributed by atoms with Gasteiger partial charge in [-0.3, -0.25) is 10.1 Å². The molecule has 0 aromatic carbocycles. The quantitative estimate of drug-likeness (QED) is 0.819. The van der Waals surface area contributed by atoms with E-state index in [1.807, 2.05) is 18.5 Å². The van der Waals surface area contributed by atoms with Crippen LogP contribution in [0, 0.1) is 17.8 Å². The van der Waals surface area contributed by atoms with E-state index >= 15 is 0 Å². The maximum atomic E-state index is 4.17. The molecule has 0 saturated heterocycles. The van der Waals surface area contributed by atoms with Crippen LogP contribution in [0.1, 0.15) is 33.3 Å². The van der Waals surface area contributed by atoms with Crippen molar-refractivity contribution in [2.45, 2.75) is 34.2 Å². The van der Waals surface area contributed by atoms with E-state index in [-0.39, 0.29) is 0 Å². The number of aromatic amines is 1. The summed E-state index contributed by atoms with van der Waals surface area (Å²) in [6.45, 7) is 11.1. The standard InChI is InChI=1S/C17H26N4/c1-12(2)16(13(3)4)11-19-9-15-10-20-21-17(15)14-6-5-7-18-8-14/h5-8,10,12-13,16,19H,9,11H2,1-4H3,(H,20,21). The molecule has 0 fully saturated rings. The second kappa shape index (κ2) is 7.36. The maximum Gasteiger partial charge on any atom is 0.0710 e. The molecule has 0 atom stereocenters. The van der Waals surface area contributed by atoms with E-state index < -0.39 is 0 Å². The van der Waals surface area contributed by atoms with Crippen molar-refractivity contribution in [1.29, 1.82) is 0 Å². The topological polar surface area (TPSA) is 53.6 Å². The highest BCUT2D eigenvalue weighted by molar-refractivity contribution is 5.61. The molecule has 2 N–H and O–H groups in total. The fourth-order valence-electron chi connectivity index (χ4n) is 2.82. The van der Waals surface area contributed by atoms with Crippen LogP contribution in [0.2, 0.25) is 0 Å². The minimum Gasteiger partial charge on any atom is -0.312 e. The van der Waals surface area contributed by atoms with Crippen LogP contribution >= 0.6 is 0 Å². The Hall–Kier alpha value is -1.68. The van der Waals surface area contributed by atoms with Gasteiger partial charge in [-0.25, -0.2) is 0 Å². The Bertz CT molecular complexity index is 523. The molecule has 4 heteroatoms. The first-order valence-electron chi connectivity index (χ1n) is 7.73. The third kappa shape index (κ3) is 4.14. The Morgan fingerprint density at radius 2 is 1.90 bits per heavy atom. The molecule has 4 nitrogen and oxygen atoms in total. The molecule has 0 aliphatic heterocycles. The van der Waals surface area contributed by atoms with Crippen LogP contribution < -0.4 is 5.32 Å². The third-order valence-electron chi connectivity index (χ3n) is 4.08. The van der Waals surface area contributed by atoms with Gasteiger partial charge in [-0.1, -0.05) is 27.7 Å². The zero-order valence-corrected chi connectivity index (χ0v) is 13.4. The average molecular weight is 286 g/mol. The summed E-state index contributed by atoms with van der Waals surface area (Å²) in [4.78, 5) is 4.17. The second-order valence-corrected chi connectivity index (χ2v) is 6.29. The van der Waals surface area contributed by atoms with E-state index in [1.54, 1.807) is 6.20 Å². The van der Waals surface area contributed by atoms with Gasteiger partial charge in [0.25, 0.3) is 0 Å². The van der Waals surface area contributed by atoms with Crippen LogP contribution in [-0.4, -0.2) is 21.7 Å². The zero-order chi connectivity index (χ0) is 15.2. The Balaban J connectivity index is 1.97. The average Bonchev–Trinajstić information content (AvgIpc) is 2.92. The van der Waals surface area contributed by atoms with Gasteiger partial charge < -0.3 is 5.32 Å². The van der Waals surface area contributed by atoms with Crippen LogP contribution in [0.5, 0.6) is 0 Å². The van der Waals surface area contributed by atoms with Crippen molar-refractivity contribution in [3.05, 3.63) is 36.3 Å². The van der Waals surface area contributed by atoms with E-state index in [0.717, 1.165) is 24.3 Å². The van der Waals surface area contributed by atoms with E-state index in [2.05, 4.69) is 54.3 Å². The Labute approximate surface area is 127 Å². The molecule has 0 bridgehead atoms. The first-order valence-corrected chi connectivity index (χ1v) is 7.73. The zero-order valence-electron chi connectivity index (χ0n) is 13.4. The van der Waals surface area contributed by atoms with Gasteiger partial charge in [0.2, 0.25) is 0 Å². The summed E-state index contributed by atoms with van der Waals surface area (Å²) in [5.74, 6) is 2.08. The van der Waals surface area contributed by atoms with Gasteiger partial charge in [0.15, 0.2) is 0 Å². The molecule has 0 spiro atoms. The molecule has 0 radical (unpaired) electrons. The molecule has 0 saturated carbocycles. The van der Waals surface area contributed by atoms with Gasteiger partial charge in [0.1, 0.15) is 0 Å². The van der Waals surface area contributed by atoms with E-state index in [9.17, 15) is 0 Å². The Morgan fingerprint density at radius 1 is 1.14 bits per heavy atom. The molecule has 0 aliphatic carbocycles. The molecule has 114 valence electrons. The van der Waals surface area contributed by atoms with E-state index in [4.69, 9.17) is 0 Å². The molecular formula is C17H26N4. The number of aromatic nitrogens is 3. The van der Waals surface area contributed by atoms with Crippen LogP contribution in [-0.2, 0) is 6.54 Å². The van der Waals surface area contributed by atoms with Crippen LogP contribution in [0.4, 0.5) is 0 Å². The molecule has 0 amide bonds. The summed E-state index contributed by atoms with van der Waals surface area (Å²) in [6.07, 6.45) is 5.55. The first kappa shape index (κ1) is 15.7. The normalized spacial score (nSPS) is 11.8. The molecule has 2 aromatic heterocycles. The summed E-state index contributed by atoms with van der Waals surface area (Å²) in [5.41, 5.74) is 3.33. The minimum atomic E-state index is 0.693. The first-order chi connectivity index (χ1) is 10.1. The van der Waals surface area contributed by atoms with Crippen molar-refractivity contribution in [1.82, 2.24) is 20.5 Å². The van der Waals surface area contributed by atoms with Crippen molar-refractivity contribution in [2.75, 3.05) is 6.54 Å². The largest absolute Gasteiger partial charge is 0.312 e. The number of H-pyrrole nitrogens is 1. The highest BCUT2D eigenvalue weighted by Crippen LogP contribution is 2.21. The Morgan fingerprint density at radius 3 is 2.52 bits per heavy atom. The predicted molar refractivity (Wildman–Crippen MR) is 86.7 cm³/mol. The summed E-state index contributed by atoms with van der Waals surface area (Å²) >= 11 is 0. The van der Waals surface area contributed by atoms with Gasteiger partial charge in [-0.2, -0.15) is 5.10 Å². The summed E-state index contributed by atoms with van der Waals surface area (Å²) < 4.78 is 0. The SMILES string of the molecule is CC(C)C(CNCc1cn[nH]c1-c1cccnc1)C(C)C. The maximum absolute atomic E-state index is 4.17. The van der Waals surface area contributed by atoms with Gasteiger partial charge >= 0.3 is 0 Å².